The van der Waals surface area contributed by atoms with Gasteiger partial charge in [-0.2, -0.15) is 44.7 Å². The fourth-order valence-electron chi connectivity index (χ4n) is 1.86. The van der Waals surface area contributed by atoms with Gasteiger partial charge in [-0.15, -0.1) is 24.3 Å². The molecule has 2 aromatic heterocycles. The summed E-state index contributed by atoms with van der Waals surface area (Å²) in [6, 6.07) is 21.0. The van der Waals surface area contributed by atoms with E-state index in [-0.39, 0.29) is 51.0 Å². The van der Waals surface area contributed by atoms with Crippen molar-refractivity contribution in [3.05, 3.63) is 72.3 Å². The van der Waals surface area contributed by atoms with Crippen LogP contribution in [0.2, 0.25) is 0 Å². The van der Waals surface area contributed by atoms with Gasteiger partial charge in [0.2, 0.25) is 0 Å². The summed E-state index contributed by atoms with van der Waals surface area (Å²) in [6.07, 6.45) is 0. The largest absolute Gasteiger partial charge is 4.00 e. The third-order valence-electron chi connectivity index (χ3n) is 2.79. The van der Waals surface area contributed by atoms with Crippen molar-refractivity contribution in [3.63, 3.8) is 0 Å². The van der Waals surface area contributed by atoms with E-state index in [1.54, 1.807) is 0 Å². The van der Waals surface area contributed by atoms with Crippen LogP contribution in [0, 0.1) is 11.6 Å². The van der Waals surface area contributed by atoms with E-state index in [0.29, 0.717) is 0 Å². The number of halogens is 2. The maximum atomic E-state index is 3.19. The molecule has 2 atom stereocenters. The van der Waals surface area contributed by atoms with E-state index >= 15 is 0 Å². The van der Waals surface area contributed by atoms with E-state index < -0.39 is 0 Å². The maximum Gasteiger partial charge on any atom is 4.00 e. The summed E-state index contributed by atoms with van der Waals surface area (Å²) in [5, 5.41) is 5.54. The monoisotopic (exact) mass is 426 g/mol. The van der Waals surface area contributed by atoms with Crippen LogP contribution < -0.4 is 24.8 Å². The van der Waals surface area contributed by atoms with Gasteiger partial charge < -0.3 is 24.8 Å². The van der Waals surface area contributed by atoms with Gasteiger partial charge in [0, 0.05) is 0 Å². The molecule has 4 aromatic rings. The van der Waals surface area contributed by atoms with Crippen LogP contribution in [0.25, 0.3) is 21.0 Å². The molecule has 0 amide bonds. The van der Waals surface area contributed by atoms with Crippen molar-refractivity contribution in [2.24, 2.45) is 0 Å². The van der Waals surface area contributed by atoms with E-state index in [1.165, 1.54) is 21.0 Å². The van der Waals surface area contributed by atoms with Crippen LogP contribution in [0.4, 0.5) is 0 Å². The van der Waals surface area contributed by atoms with Gasteiger partial charge in [0.25, 0.3) is 0 Å². The Morgan fingerprint density at radius 1 is 0.619 bits per heavy atom. The molecule has 0 aliphatic carbocycles. The molecule has 21 heavy (non-hydrogen) atoms. The standard InChI is InChI=1S/2C8H6P.2ClH.Zr/c2*1-2-4-8-7(3-1)5-6-9-8;;;/h2*1-5,9H;2*1H;/q2*-1;;;+4/p-2. The van der Waals surface area contributed by atoms with E-state index in [0.717, 1.165) is 16.4 Å². The van der Waals surface area contributed by atoms with Gasteiger partial charge in [0.1, 0.15) is 0 Å². The zero-order valence-electron chi connectivity index (χ0n) is 11.0. The second-order valence-electron chi connectivity index (χ2n) is 4.00. The molecule has 2 aromatic carbocycles. The molecule has 2 unspecified atom stereocenters. The number of rotatable bonds is 0. The summed E-state index contributed by atoms with van der Waals surface area (Å²) in [5.74, 6) is 6.38. The van der Waals surface area contributed by atoms with Gasteiger partial charge in [0.05, 0.1) is 0 Å². The van der Waals surface area contributed by atoms with Crippen LogP contribution in [-0.2, 0) is 26.2 Å². The first-order valence-corrected chi connectivity index (χ1v) is 7.81. The summed E-state index contributed by atoms with van der Waals surface area (Å²) >= 11 is 0. The first-order chi connectivity index (χ1) is 8.93. The molecule has 0 saturated carbocycles. The SMILES string of the molecule is [Cl-].[Cl-].[Zr+4].[c-]1cc2ccccc2[pH]1.[c-]1cc2ccccc2[pH]1. The number of benzene rings is 2. The van der Waals surface area contributed by atoms with E-state index in [2.05, 4.69) is 72.3 Å². The third kappa shape index (κ3) is 5.60. The molecule has 0 fully saturated rings. The molecule has 4 rings (SSSR count). The predicted molar refractivity (Wildman–Crippen MR) is 84.6 cm³/mol. The quantitative estimate of drug-likeness (QED) is 0.327. The minimum absolute atomic E-state index is 0. The van der Waals surface area contributed by atoms with Gasteiger partial charge in [-0.1, -0.05) is 24.3 Å². The van der Waals surface area contributed by atoms with Crippen molar-refractivity contribution in [3.8, 4) is 0 Å². The Bertz CT molecular complexity index is 638. The Morgan fingerprint density at radius 2 is 1.00 bits per heavy atom. The molecule has 0 nitrogen and oxygen atoms in total. The zero-order chi connectivity index (χ0) is 12.2. The van der Waals surface area contributed by atoms with Crippen LogP contribution in [-0.4, -0.2) is 0 Å². The summed E-state index contributed by atoms with van der Waals surface area (Å²) < 4.78 is 0. The Labute approximate surface area is 159 Å². The molecule has 5 heteroatoms. The van der Waals surface area contributed by atoms with Crippen molar-refractivity contribution in [2.75, 3.05) is 0 Å². The number of fused-ring (bicyclic) bond motifs is 2. The molecular formula is C16H12Cl2P2Zr. The average molecular weight is 428 g/mol. The van der Waals surface area contributed by atoms with Crippen molar-refractivity contribution in [1.29, 1.82) is 0 Å². The minimum Gasteiger partial charge on any atom is -1.00 e. The van der Waals surface area contributed by atoms with Crippen molar-refractivity contribution >= 4 is 37.4 Å². The van der Waals surface area contributed by atoms with Gasteiger partial charge >= 0.3 is 26.2 Å². The van der Waals surface area contributed by atoms with Crippen molar-refractivity contribution < 1.29 is 51.0 Å². The summed E-state index contributed by atoms with van der Waals surface area (Å²) in [6.45, 7) is 0. The Morgan fingerprint density at radius 3 is 1.38 bits per heavy atom. The first kappa shape index (κ1) is 21.0. The van der Waals surface area contributed by atoms with Crippen LogP contribution in [0.1, 0.15) is 0 Å². The van der Waals surface area contributed by atoms with Gasteiger partial charge in [-0.05, 0) is 0 Å². The zero-order valence-corrected chi connectivity index (χ0v) is 17.0. The first-order valence-electron chi connectivity index (χ1n) is 5.81. The fourth-order valence-corrected chi connectivity index (χ4v) is 3.58. The normalized spacial score (nSPS) is 9.52. The summed E-state index contributed by atoms with van der Waals surface area (Å²) in [5.41, 5.74) is 0. The van der Waals surface area contributed by atoms with Crippen LogP contribution in [0.15, 0.2) is 60.7 Å². The average Bonchev–Trinajstić information content (AvgIpc) is 3.08. The summed E-state index contributed by atoms with van der Waals surface area (Å²) in [7, 11) is 1.55. The molecule has 0 bridgehead atoms. The minimum atomic E-state index is 0. The Hall–Kier alpha value is -0.0169. The molecule has 0 saturated heterocycles. The molecule has 0 aliphatic heterocycles. The second-order valence-corrected chi connectivity index (χ2v) is 6.16. The van der Waals surface area contributed by atoms with E-state index in [1.807, 2.05) is 0 Å². The molecule has 2 heterocycles. The molecule has 0 N–H and O–H groups in total. The predicted octanol–water partition coefficient (Wildman–Crippen LogP) is -0.652. The van der Waals surface area contributed by atoms with Crippen molar-refractivity contribution in [1.82, 2.24) is 0 Å². The smallest absolute Gasteiger partial charge is 1.00 e. The third-order valence-corrected chi connectivity index (χ3v) is 4.82. The van der Waals surface area contributed by atoms with E-state index in [9.17, 15) is 0 Å². The molecule has 0 spiro atoms. The molecule has 0 radical (unpaired) electrons. The Kier molecular flexibility index (Phi) is 10.7. The summed E-state index contributed by atoms with van der Waals surface area (Å²) in [4.78, 5) is 0. The van der Waals surface area contributed by atoms with Crippen LogP contribution in [0.3, 0.4) is 0 Å². The van der Waals surface area contributed by atoms with Crippen LogP contribution >= 0.6 is 16.4 Å². The van der Waals surface area contributed by atoms with Gasteiger partial charge in [0.15, 0.2) is 0 Å². The van der Waals surface area contributed by atoms with Gasteiger partial charge in [-0.25, -0.2) is 0 Å². The van der Waals surface area contributed by atoms with E-state index in [4.69, 9.17) is 0 Å². The second kappa shape index (κ2) is 10.7. The fraction of sp³-hybridized carbons (Fsp3) is 0. The molecule has 104 valence electrons. The topological polar surface area (TPSA) is 0 Å². The molecule has 0 aliphatic rings. The maximum absolute atomic E-state index is 3.19. The Balaban J connectivity index is 0.000000333. The number of hydrogen-bond donors (Lipinski definition) is 0. The molecular weight excluding hydrogens is 416 g/mol. The van der Waals surface area contributed by atoms with Crippen molar-refractivity contribution in [2.45, 2.75) is 0 Å². The number of hydrogen-bond acceptors (Lipinski definition) is 0. The van der Waals surface area contributed by atoms with Crippen LogP contribution in [0.5, 0.6) is 0 Å². The van der Waals surface area contributed by atoms with Gasteiger partial charge in [-0.3, -0.25) is 16.4 Å².